The highest BCUT2D eigenvalue weighted by molar-refractivity contribution is 5.07. The molecule has 0 spiro atoms. The molecule has 2 saturated carbocycles. The summed E-state index contributed by atoms with van der Waals surface area (Å²) in [6.07, 6.45) is 3.69. The van der Waals surface area contributed by atoms with Crippen molar-refractivity contribution in [2.45, 2.75) is 105 Å². The van der Waals surface area contributed by atoms with Gasteiger partial charge in [-0.3, -0.25) is 0 Å². The number of rotatable bonds is 8. The van der Waals surface area contributed by atoms with Gasteiger partial charge in [0.2, 0.25) is 5.79 Å². The Bertz CT molecular complexity index is 417. The summed E-state index contributed by atoms with van der Waals surface area (Å²) in [7, 11) is 0. The molecule has 4 nitrogen and oxygen atoms in total. The molecular formula is C20H38O4. The molecule has 0 N–H and O–H groups in total. The average molecular weight is 343 g/mol. The molecule has 142 valence electrons. The van der Waals surface area contributed by atoms with Gasteiger partial charge in [0.1, 0.15) is 0 Å². The van der Waals surface area contributed by atoms with Gasteiger partial charge in [-0.05, 0) is 64.2 Å². The first-order valence-electron chi connectivity index (χ1n) is 9.63. The standard InChI is InChI=1S/C20H38O4/c1-10-17(4,5)21-23-20(24-22-18(6,7)11-2)13-15-12-16(20)14(3)19(15,8)9/h14-16H,10-13H2,1-9H3. The highest BCUT2D eigenvalue weighted by atomic mass is 17.3. The summed E-state index contributed by atoms with van der Waals surface area (Å²) in [5.41, 5.74) is -0.365. The van der Waals surface area contributed by atoms with Crippen LogP contribution >= 0.6 is 0 Å². The molecule has 2 aliphatic carbocycles. The topological polar surface area (TPSA) is 36.9 Å². The molecule has 0 aromatic rings. The smallest absolute Gasteiger partial charge is 0.228 e. The van der Waals surface area contributed by atoms with E-state index in [0.29, 0.717) is 17.3 Å². The molecule has 2 aliphatic rings. The van der Waals surface area contributed by atoms with E-state index in [1.165, 1.54) is 0 Å². The van der Waals surface area contributed by atoms with Crippen molar-refractivity contribution in [3.05, 3.63) is 0 Å². The lowest BCUT2D eigenvalue weighted by Crippen LogP contribution is -2.51. The van der Waals surface area contributed by atoms with Crippen LogP contribution < -0.4 is 0 Å². The first-order chi connectivity index (χ1) is 10.9. The molecule has 0 heterocycles. The molecule has 2 rings (SSSR count). The molecular weight excluding hydrogens is 304 g/mol. The number of fused-ring (bicyclic) bond motifs is 2. The predicted molar refractivity (Wildman–Crippen MR) is 95.0 cm³/mol. The molecule has 0 aromatic carbocycles. The number of hydrogen-bond acceptors (Lipinski definition) is 4. The molecule has 0 amide bonds. The van der Waals surface area contributed by atoms with Crippen LogP contribution in [0.3, 0.4) is 0 Å². The molecule has 3 unspecified atom stereocenters. The van der Waals surface area contributed by atoms with E-state index in [-0.39, 0.29) is 17.1 Å². The van der Waals surface area contributed by atoms with Crippen LogP contribution in [0.15, 0.2) is 0 Å². The van der Waals surface area contributed by atoms with Crippen LogP contribution in [0.4, 0.5) is 0 Å². The summed E-state index contributed by atoms with van der Waals surface area (Å²) < 4.78 is 0. The molecule has 0 aliphatic heterocycles. The van der Waals surface area contributed by atoms with Crippen LogP contribution in [0.25, 0.3) is 0 Å². The zero-order valence-electron chi connectivity index (χ0n) is 17.2. The Hall–Kier alpha value is -0.160. The van der Waals surface area contributed by atoms with Gasteiger partial charge in [-0.2, -0.15) is 9.78 Å². The van der Waals surface area contributed by atoms with E-state index in [9.17, 15) is 0 Å². The SMILES string of the molecule is CCC(C)(C)OOC1(OOC(C)(C)CC)CC2CC1C(C)C2(C)C. The zero-order chi connectivity index (χ0) is 18.4. The van der Waals surface area contributed by atoms with E-state index in [4.69, 9.17) is 19.6 Å². The summed E-state index contributed by atoms with van der Waals surface area (Å²) >= 11 is 0. The Labute approximate surface area is 148 Å². The second kappa shape index (κ2) is 6.53. The van der Waals surface area contributed by atoms with E-state index < -0.39 is 5.79 Å². The van der Waals surface area contributed by atoms with Crippen LogP contribution in [-0.4, -0.2) is 17.0 Å². The summed E-state index contributed by atoms with van der Waals surface area (Å²) in [6, 6.07) is 0. The quantitative estimate of drug-likeness (QED) is 0.324. The molecule has 3 atom stereocenters. The minimum Gasteiger partial charge on any atom is -0.228 e. The van der Waals surface area contributed by atoms with Gasteiger partial charge in [0.25, 0.3) is 0 Å². The Morgan fingerprint density at radius 2 is 1.38 bits per heavy atom. The minimum absolute atomic E-state index is 0.290. The lowest BCUT2D eigenvalue weighted by Gasteiger charge is -2.46. The van der Waals surface area contributed by atoms with Gasteiger partial charge in [0, 0.05) is 12.3 Å². The number of hydrogen-bond donors (Lipinski definition) is 0. The normalized spacial score (nSPS) is 31.6. The molecule has 2 fully saturated rings. The summed E-state index contributed by atoms with van der Waals surface area (Å²) in [4.78, 5) is 23.7. The molecule has 2 bridgehead atoms. The van der Waals surface area contributed by atoms with Gasteiger partial charge in [0.15, 0.2) is 0 Å². The van der Waals surface area contributed by atoms with Gasteiger partial charge >= 0.3 is 0 Å². The van der Waals surface area contributed by atoms with Gasteiger partial charge in [-0.1, -0.05) is 34.6 Å². The van der Waals surface area contributed by atoms with Crippen LogP contribution in [0.1, 0.15) is 88.0 Å². The summed E-state index contributed by atoms with van der Waals surface area (Å²) in [5, 5.41) is 0. The highest BCUT2D eigenvalue weighted by Gasteiger charge is 2.65. The Morgan fingerprint density at radius 3 is 1.71 bits per heavy atom. The van der Waals surface area contributed by atoms with Gasteiger partial charge in [0.05, 0.1) is 11.2 Å². The van der Waals surface area contributed by atoms with Crippen LogP contribution in [0.2, 0.25) is 0 Å². The predicted octanol–water partition coefficient (Wildman–Crippen LogP) is 5.66. The fraction of sp³-hybridized carbons (Fsp3) is 1.00. The van der Waals surface area contributed by atoms with Crippen molar-refractivity contribution in [1.82, 2.24) is 0 Å². The highest BCUT2D eigenvalue weighted by Crippen LogP contribution is 2.64. The maximum atomic E-state index is 6.04. The third kappa shape index (κ3) is 3.67. The zero-order valence-corrected chi connectivity index (χ0v) is 17.2. The van der Waals surface area contributed by atoms with E-state index in [0.717, 1.165) is 25.7 Å². The molecule has 0 aromatic heterocycles. The average Bonchev–Trinajstić information content (AvgIpc) is 3.00. The van der Waals surface area contributed by atoms with Crippen LogP contribution in [0.5, 0.6) is 0 Å². The minimum atomic E-state index is -0.793. The lowest BCUT2D eigenvalue weighted by atomic mass is 9.67. The third-order valence-electron chi connectivity index (χ3n) is 6.98. The Kier molecular flexibility index (Phi) is 5.49. The summed E-state index contributed by atoms with van der Waals surface area (Å²) in [5.74, 6) is 0.563. The monoisotopic (exact) mass is 342 g/mol. The molecule has 4 heteroatoms. The van der Waals surface area contributed by atoms with Crippen molar-refractivity contribution >= 4 is 0 Å². The second-order valence-corrected chi connectivity index (χ2v) is 9.72. The van der Waals surface area contributed by atoms with Crippen molar-refractivity contribution in [1.29, 1.82) is 0 Å². The van der Waals surface area contributed by atoms with Crippen LogP contribution in [0, 0.1) is 23.2 Å². The van der Waals surface area contributed by atoms with E-state index in [1.54, 1.807) is 0 Å². The Morgan fingerprint density at radius 1 is 0.917 bits per heavy atom. The molecule has 0 radical (unpaired) electrons. The van der Waals surface area contributed by atoms with Gasteiger partial charge in [-0.15, -0.1) is 0 Å². The van der Waals surface area contributed by atoms with Crippen molar-refractivity contribution in [2.24, 2.45) is 23.2 Å². The van der Waals surface area contributed by atoms with Crippen molar-refractivity contribution in [3.8, 4) is 0 Å². The van der Waals surface area contributed by atoms with Gasteiger partial charge in [-0.25, -0.2) is 9.78 Å². The first-order valence-corrected chi connectivity index (χ1v) is 9.63. The Balaban J connectivity index is 2.18. The summed E-state index contributed by atoms with van der Waals surface area (Å²) in [6.45, 7) is 19.4. The fourth-order valence-corrected chi connectivity index (χ4v) is 3.80. The largest absolute Gasteiger partial charge is 0.237 e. The fourth-order valence-electron chi connectivity index (χ4n) is 3.80. The first kappa shape index (κ1) is 20.2. The maximum Gasteiger partial charge on any atom is 0.237 e. The van der Waals surface area contributed by atoms with E-state index >= 15 is 0 Å². The van der Waals surface area contributed by atoms with E-state index in [2.05, 4.69) is 34.6 Å². The van der Waals surface area contributed by atoms with Gasteiger partial charge < -0.3 is 0 Å². The second-order valence-electron chi connectivity index (χ2n) is 9.72. The van der Waals surface area contributed by atoms with Crippen molar-refractivity contribution in [3.63, 3.8) is 0 Å². The van der Waals surface area contributed by atoms with E-state index in [1.807, 2.05) is 27.7 Å². The molecule has 0 saturated heterocycles. The molecule has 24 heavy (non-hydrogen) atoms. The van der Waals surface area contributed by atoms with Crippen molar-refractivity contribution < 1.29 is 19.6 Å². The van der Waals surface area contributed by atoms with Crippen molar-refractivity contribution in [2.75, 3.05) is 0 Å². The lowest BCUT2D eigenvalue weighted by molar-refractivity contribution is -0.556. The maximum absolute atomic E-state index is 6.04. The third-order valence-corrected chi connectivity index (χ3v) is 6.98. The van der Waals surface area contributed by atoms with Crippen LogP contribution in [-0.2, 0) is 19.6 Å².